The van der Waals surface area contributed by atoms with E-state index in [1.54, 1.807) is 36.4 Å². The number of rotatable bonds is 7. The lowest BCUT2D eigenvalue weighted by Crippen LogP contribution is -2.87. The molecule has 0 radical (unpaired) electrons. The van der Waals surface area contributed by atoms with Gasteiger partial charge >= 0.3 is 5.97 Å². The van der Waals surface area contributed by atoms with Crippen LogP contribution in [0.3, 0.4) is 0 Å². The molecule has 0 saturated carbocycles. The first-order valence-electron chi connectivity index (χ1n) is 8.13. The summed E-state index contributed by atoms with van der Waals surface area (Å²) in [6.45, 7) is 2.65. The van der Waals surface area contributed by atoms with E-state index in [1.807, 2.05) is 18.3 Å². The molecule has 2 aromatic rings. The molecule has 138 valence electrons. The number of nitrogens with one attached hydrogen (secondary N) is 1. The van der Waals surface area contributed by atoms with Crippen molar-refractivity contribution in [2.75, 3.05) is 13.7 Å². The van der Waals surface area contributed by atoms with Crippen LogP contribution in [0.5, 0.6) is 0 Å². The van der Waals surface area contributed by atoms with E-state index in [0.717, 1.165) is 11.1 Å². The van der Waals surface area contributed by atoms with Gasteiger partial charge in [0.2, 0.25) is 0 Å². The molecule has 0 heterocycles. The molecule has 1 atom stereocenters. The van der Waals surface area contributed by atoms with E-state index in [1.165, 1.54) is 7.11 Å². The van der Waals surface area contributed by atoms with Gasteiger partial charge < -0.3 is 15.4 Å². The molecule has 2 rings (SSSR count). The Labute approximate surface area is 162 Å². The number of quaternary nitrogens is 1. The van der Waals surface area contributed by atoms with Gasteiger partial charge in [-0.1, -0.05) is 41.4 Å². The van der Waals surface area contributed by atoms with Gasteiger partial charge in [0.1, 0.15) is 6.04 Å². The first-order chi connectivity index (χ1) is 12.4. The Morgan fingerprint density at radius 2 is 1.85 bits per heavy atom. The van der Waals surface area contributed by atoms with Gasteiger partial charge in [-0.15, -0.1) is 0 Å². The molecule has 0 aliphatic heterocycles. The third-order valence-electron chi connectivity index (χ3n) is 3.97. The van der Waals surface area contributed by atoms with Crippen molar-refractivity contribution in [1.29, 1.82) is 0 Å². The van der Waals surface area contributed by atoms with Crippen LogP contribution in [0, 0.1) is 0 Å². The maximum Gasteiger partial charge on any atom is 0.337 e. The van der Waals surface area contributed by atoms with Gasteiger partial charge in [0.25, 0.3) is 5.91 Å². The number of benzene rings is 2. The molecule has 0 aliphatic carbocycles. The van der Waals surface area contributed by atoms with Crippen LogP contribution in [0.4, 0.5) is 0 Å². The summed E-state index contributed by atoms with van der Waals surface area (Å²) in [5.74, 6) is -0.469. The Hall–Kier alpha value is -2.08. The Morgan fingerprint density at radius 1 is 1.15 bits per heavy atom. The molecule has 2 aromatic carbocycles. The van der Waals surface area contributed by atoms with Gasteiger partial charge in [0.05, 0.1) is 17.7 Å². The van der Waals surface area contributed by atoms with E-state index >= 15 is 0 Å². The number of carbonyl (C=O) groups is 2. The summed E-state index contributed by atoms with van der Waals surface area (Å²) in [5, 5.41) is 5.93. The molecule has 5 nitrogen and oxygen atoms in total. The zero-order valence-electron chi connectivity index (χ0n) is 14.6. The zero-order valence-corrected chi connectivity index (χ0v) is 16.1. The van der Waals surface area contributed by atoms with Crippen LogP contribution < -0.4 is 10.6 Å². The second-order valence-electron chi connectivity index (χ2n) is 5.86. The number of hydrogen-bond acceptors (Lipinski definition) is 3. The minimum absolute atomic E-state index is 0.0323. The van der Waals surface area contributed by atoms with Crippen LogP contribution >= 0.6 is 23.2 Å². The Morgan fingerprint density at radius 3 is 2.46 bits per heavy atom. The van der Waals surface area contributed by atoms with Gasteiger partial charge in [-0.3, -0.25) is 4.79 Å². The van der Waals surface area contributed by atoms with Gasteiger partial charge in [-0.05, 0) is 36.8 Å². The highest BCUT2D eigenvalue weighted by Gasteiger charge is 2.14. The molecule has 1 amide bonds. The van der Waals surface area contributed by atoms with Crippen molar-refractivity contribution in [3.8, 4) is 0 Å². The number of amides is 1. The van der Waals surface area contributed by atoms with Gasteiger partial charge in [0, 0.05) is 17.1 Å². The fraction of sp³-hybridized carbons (Fsp3) is 0.263. The lowest BCUT2D eigenvalue weighted by molar-refractivity contribution is -0.682. The minimum atomic E-state index is -0.384. The number of ether oxygens (including phenoxy) is 1. The maximum atomic E-state index is 12.0. The van der Waals surface area contributed by atoms with Crippen LogP contribution in [0.15, 0.2) is 42.5 Å². The maximum absolute atomic E-state index is 12.0. The molecular formula is C19H21Cl2N2O3+. The number of methoxy groups -OCH3 is 1. The Balaban J connectivity index is 1.80. The summed E-state index contributed by atoms with van der Waals surface area (Å²) in [6.07, 6.45) is 0. The van der Waals surface area contributed by atoms with E-state index in [2.05, 4.69) is 10.1 Å². The van der Waals surface area contributed by atoms with E-state index in [-0.39, 0.29) is 24.5 Å². The lowest BCUT2D eigenvalue weighted by Gasteiger charge is -2.13. The number of hydrogen-bond donors (Lipinski definition) is 2. The normalized spacial score (nSPS) is 11.7. The Kier molecular flexibility index (Phi) is 7.45. The highest BCUT2D eigenvalue weighted by atomic mass is 35.5. The molecular weight excluding hydrogens is 375 g/mol. The summed E-state index contributed by atoms with van der Waals surface area (Å²) in [6, 6.07) is 12.3. The summed E-state index contributed by atoms with van der Waals surface area (Å²) >= 11 is 12.1. The summed E-state index contributed by atoms with van der Waals surface area (Å²) in [4.78, 5) is 23.4. The number of esters is 1. The van der Waals surface area contributed by atoms with Crippen molar-refractivity contribution >= 4 is 35.1 Å². The van der Waals surface area contributed by atoms with Crippen molar-refractivity contribution in [3.63, 3.8) is 0 Å². The van der Waals surface area contributed by atoms with Gasteiger partial charge in [-0.25, -0.2) is 4.79 Å². The predicted molar refractivity (Wildman–Crippen MR) is 101 cm³/mol. The second kappa shape index (κ2) is 9.57. The molecule has 0 bridgehead atoms. The molecule has 0 aliphatic rings. The molecule has 0 saturated heterocycles. The standard InChI is InChI=1S/C19H20Cl2N2O3/c1-12(16-8-7-15(20)9-17(16)21)22-11-18(24)23-10-13-3-5-14(6-4-13)19(25)26-2/h3-9,12,22H,10-11H2,1-2H3,(H,23,24)/p+1/t12-/m1/s1. The molecule has 0 spiro atoms. The van der Waals surface area contributed by atoms with E-state index < -0.39 is 0 Å². The van der Waals surface area contributed by atoms with Crippen LogP contribution in [0.1, 0.15) is 34.5 Å². The topological polar surface area (TPSA) is 72.0 Å². The minimum Gasteiger partial charge on any atom is -0.465 e. The summed E-state index contributed by atoms with van der Waals surface area (Å²) in [7, 11) is 1.34. The first-order valence-corrected chi connectivity index (χ1v) is 8.88. The van der Waals surface area contributed by atoms with Crippen molar-refractivity contribution in [2.45, 2.75) is 19.5 Å². The average Bonchev–Trinajstić information content (AvgIpc) is 2.64. The molecule has 7 heteroatoms. The van der Waals surface area contributed by atoms with Crippen LogP contribution in [-0.4, -0.2) is 25.5 Å². The third-order valence-corrected chi connectivity index (χ3v) is 4.54. The van der Waals surface area contributed by atoms with Crippen molar-refractivity contribution in [3.05, 3.63) is 69.2 Å². The number of nitrogens with two attached hydrogens (primary N) is 1. The molecule has 3 N–H and O–H groups in total. The highest BCUT2D eigenvalue weighted by molar-refractivity contribution is 6.35. The molecule has 26 heavy (non-hydrogen) atoms. The zero-order chi connectivity index (χ0) is 19.1. The van der Waals surface area contributed by atoms with Gasteiger partial charge in [0.15, 0.2) is 6.54 Å². The average molecular weight is 396 g/mol. The highest BCUT2D eigenvalue weighted by Crippen LogP contribution is 2.24. The number of carbonyl (C=O) groups excluding carboxylic acids is 2. The molecule has 0 aromatic heterocycles. The Bertz CT molecular complexity index is 779. The summed E-state index contributed by atoms with van der Waals surface area (Å²) < 4.78 is 4.65. The SMILES string of the molecule is COC(=O)c1ccc(CNC(=O)C[NH2+][C@H](C)c2ccc(Cl)cc2Cl)cc1. The first kappa shape index (κ1) is 20.2. The van der Waals surface area contributed by atoms with E-state index in [4.69, 9.17) is 23.2 Å². The second-order valence-corrected chi connectivity index (χ2v) is 6.70. The van der Waals surface area contributed by atoms with Crippen LogP contribution in [0.2, 0.25) is 10.0 Å². The van der Waals surface area contributed by atoms with E-state index in [0.29, 0.717) is 22.2 Å². The van der Waals surface area contributed by atoms with Crippen LogP contribution in [0.25, 0.3) is 0 Å². The number of halogens is 2. The van der Waals surface area contributed by atoms with E-state index in [9.17, 15) is 9.59 Å². The third kappa shape index (κ3) is 5.73. The fourth-order valence-electron chi connectivity index (χ4n) is 2.43. The fourth-order valence-corrected chi connectivity index (χ4v) is 3.01. The largest absolute Gasteiger partial charge is 0.465 e. The quantitative estimate of drug-likeness (QED) is 0.707. The van der Waals surface area contributed by atoms with Crippen LogP contribution in [-0.2, 0) is 16.1 Å². The summed E-state index contributed by atoms with van der Waals surface area (Å²) in [5.41, 5.74) is 2.31. The molecule has 0 fully saturated rings. The smallest absolute Gasteiger partial charge is 0.337 e. The predicted octanol–water partition coefficient (Wildman–Crippen LogP) is 2.72. The van der Waals surface area contributed by atoms with Gasteiger partial charge in [-0.2, -0.15) is 0 Å². The molecule has 0 unspecified atom stereocenters. The monoisotopic (exact) mass is 395 g/mol. The van der Waals surface area contributed by atoms with Crippen molar-refractivity contribution < 1.29 is 19.6 Å². The van der Waals surface area contributed by atoms with Crippen molar-refractivity contribution in [2.24, 2.45) is 0 Å². The lowest BCUT2D eigenvalue weighted by atomic mass is 10.1. The van der Waals surface area contributed by atoms with Crippen molar-refractivity contribution in [1.82, 2.24) is 5.32 Å².